The van der Waals surface area contributed by atoms with Crippen molar-refractivity contribution in [2.24, 2.45) is 7.05 Å². The molecule has 1 aromatic carbocycles. The van der Waals surface area contributed by atoms with E-state index in [1.807, 2.05) is 42.1 Å². The summed E-state index contributed by atoms with van der Waals surface area (Å²) >= 11 is 1.77. The number of hydrazine groups is 2. The van der Waals surface area contributed by atoms with Crippen LogP contribution in [0, 0.1) is 0 Å². The summed E-state index contributed by atoms with van der Waals surface area (Å²) in [6.07, 6.45) is 1.89. The predicted molar refractivity (Wildman–Crippen MR) is 85.8 cm³/mol. The van der Waals surface area contributed by atoms with Crippen molar-refractivity contribution in [3.05, 3.63) is 36.0 Å². The van der Waals surface area contributed by atoms with Gasteiger partial charge in [-0.2, -0.15) is 5.53 Å². The third-order valence-electron chi connectivity index (χ3n) is 3.46. The molecule has 1 aliphatic heterocycles. The highest BCUT2D eigenvalue weighted by molar-refractivity contribution is 7.99. The molecule has 2 heterocycles. The molecule has 1 atom stereocenters. The van der Waals surface area contributed by atoms with Gasteiger partial charge in [-0.25, -0.2) is 10.9 Å². The van der Waals surface area contributed by atoms with Crippen LogP contribution >= 0.6 is 11.8 Å². The Balaban J connectivity index is 1.56. The predicted octanol–water partition coefficient (Wildman–Crippen LogP) is 0.580. The molecule has 1 saturated heterocycles. The Labute approximate surface area is 127 Å². The van der Waals surface area contributed by atoms with Crippen LogP contribution in [0.3, 0.4) is 0 Å². The molecule has 1 fully saturated rings. The van der Waals surface area contributed by atoms with Crippen LogP contribution < -0.4 is 21.7 Å². The van der Waals surface area contributed by atoms with Gasteiger partial charge in [-0.05, 0) is 6.07 Å². The number of nitrogens with zero attached hydrogens (tertiary/aromatic N) is 1. The minimum Gasteiger partial charge on any atom is -0.351 e. The summed E-state index contributed by atoms with van der Waals surface area (Å²) in [6, 6.07) is 7.95. The fourth-order valence-electron chi connectivity index (χ4n) is 2.41. The van der Waals surface area contributed by atoms with Crippen molar-refractivity contribution < 1.29 is 4.79 Å². The van der Waals surface area contributed by atoms with Gasteiger partial charge in [0.1, 0.15) is 0 Å². The number of benzene rings is 1. The molecule has 1 amide bonds. The lowest BCUT2D eigenvalue weighted by Gasteiger charge is -2.08. The van der Waals surface area contributed by atoms with E-state index in [2.05, 4.69) is 21.7 Å². The Bertz CT molecular complexity index is 635. The van der Waals surface area contributed by atoms with E-state index in [0.29, 0.717) is 11.9 Å². The number of hydrogen-bond acceptors (Lipinski definition) is 5. The van der Waals surface area contributed by atoms with Crippen molar-refractivity contribution in [3.63, 3.8) is 0 Å². The Kier molecular flexibility index (Phi) is 4.45. The average molecular weight is 305 g/mol. The molecule has 1 unspecified atom stereocenters. The van der Waals surface area contributed by atoms with E-state index < -0.39 is 0 Å². The number of thioether (sulfide) groups is 1. The van der Waals surface area contributed by atoms with Crippen molar-refractivity contribution in [2.45, 2.75) is 5.37 Å². The molecule has 6 nitrogen and oxygen atoms in total. The van der Waals surface area contributed by atoms with Crippen molar-refractivity contribution in [1.82, 2.24) is 26.3 Å². The van der Waals surface area contributed by atoms with Crippen LogP contribution in [0.4, 0.5) is 0 Å². The zero-order valence-electron chi connectivity index (χ0n) is 11.8. The summed E-state index contributed by atoms with van der Waals surface area (Å²) < 4.78 is 1.98. The van der Waals surface area contributed by atoms with Crippen molar-refractivity contribution in [2.75, 3.05) is 18.8 Å². The smallest absolute Gasteiger partial charge is 0.253 e. The van der Waals surface area contributed by atoms with E-state index in [4.69, 9.17) is 0 Å². The average Bonchev–Trinajstić information content (AvgIpc) is 3.12. The number of carbonyl (C=O) groups is 1. The van der Waals surface area contributed by atoms with Crippen molar-refractivity contribution in [3.8, 4) is 0 Å². The lowest BCUT2D eigenvalue weighted by molar-refractivity contribution is 0.0957. The molecule has 0 aliphatic carbocycles. The highest BCUT2D eigenvalue weighted by Crippen LogP contribution is 2.20. The molecule has 112 valence electrons. The summed E-state index contributed by atoms with van der Waals surface area (Å²) in [6.45, 7) is 1.53. The van der Waals surface area contributed by atoms with Crippen molar-refractivity contribution in [1.29, 1.82) is 0 Å². The topological polar surface area (TPSA) is 70.1 Å². The van der Waals surface area contributed by atoms with Gasteiger partial charge in [-0.1, -0.05) is 18.2 Å². The second kappa shape index (κ2) is 6.48. The fraction of sp³-hybridized carbons (Fsp3) is 0.357. The summed E-state index contributed by atoms with van der Waals surface area (Å²) in [5.41, 5.74) is 10.8. The molecule has 7 heteroatoms. The van der Waals surface area contributed by atoms with Gasteiger partial charge in [0, 0.05) is 43.0 Å². The second-order valence-corrected chi connectivity index (χ2v) is 6.25. The Morgan fingerprint density at radius 1 is 1.48 bits per heavy atom. The monoisotopic (exact) mass is 305 g/mol. The van der Waals surface area contributed by atoms with Crippen LogP contribution in [0.15, 0.2) is 30.5 Å². The van der Waals surface area contributed by atoms with E-state index >= 15 is 0 Å². The highest BCUT2D eigenvalue weighted by Gasteiger charge is 2.15. The van der Waals surface area contributed by atoms with Gasteiger partial charge in [0.2, 0.25) is 0 Å². The van der Waals surface area contributed by atoms with Gasteiger partial charge >= 0.3 is 0 Å². The number of aryl methyl sites for hydroxylation is 1. The first-order valence-electron chi connectivity index (χ1n) is 6.93. The van der Waals surface area contributed by atoms with Gasteiger partial charge in [0.05, 0.1) is 10.9 Å². The van der Waals surface area contributed by atoms with Crippen molar-refractivity contribution >= 4 is 28.6 Å². The SMILES string of the molecule is Cn1cc(C(=O)NCCSC2CNNN2)c2ccccc21. The van der Waals surface area contributed by atoms with Crippen LogP contribution in [0.25, 0.3) is 10.9 Å². The first-order valence-corrected chi connectivity index (χ1v) is 7.98. The third-order valence-corrected chi connectivity index (χ3v) is 4.58. The summed E-state index contributed by atoms with van der Waals surface area (Å²) in [7, 11) is 1.96. The zero-order chi connectivity index (χ0) is 14.7. The summed E-state index contributed by atoms with van der Waals surface area (Å²) in [5.74, 6) is 0.861. The van der Waals surface area contributed by atoms with Crippen LogP contribution in [-0.4, -0.2) is 34.7 Å². The Morgan fingerprint density at radius 3 is 3.14 bits per heavy atom. The van der Waals surface area contributed by atoms with E-state index in [9.17, 15) is 4.79 Å². The second-order valence-electron chi connectivity index (χ2n) is 4.94. The molecule has 0 bridgehead atoms. The van der Waals surface area contributed by atoms with Gasteiger partial charge in [-0.15, -0.1) is 11.8 Å². The maximum Gasteiger partial charge on any atom is 0.253 e. The molecule has 2 aromatic rings. The standard InChI is InChI=1S/C14H19N5OS/c1-19-9-11(10-4-2-3-5-12(10)19)14(20)15-6-7-21-13-8-16-18-17-13/h2-5,9,13,16-18H,6-8H2,1H3,(H,15,20). The first kappa shape index (κ1) is 14.4. The van der Waals surface area contributed by atoms with Gasteiger partial charge in [-0.3, -0.25) is 4.79 Å². The van der Waals surface area contributed by atoms with Gasteiger partial charge in [0.15, 0.2) is 0 Å². The number of para-hydroxylation sites is 1. The zero-order valence-corrected chi connectivity index (χ0v) is 12.7. The first-order chi connectivity index (χ1) is 10.3. The van der Waals surface area contributed by atoms with Gasteiger partial charge in [0.25, 0.3) is 5.91 Å². The molecule has 0 saturated carbocycles. The molecular weight excluding hydrogens is 286 g/mol. The molecular formula is C14H19N5OS. The van der Waals surface area contributed by atoms with Crippen LogP contribution in [-0.2, 0) is 7.05 Å². The molecule has 3 rings (SSSR count). The quantitative estimate of drug-likeness (QED) is 0.609. The van der Waals surface area contributed by atoms with Crippen LogP contribution in [0.2, 0.25) is 0 Å². The lowest BCUT2D eigenvalue weighted by atomic mass is 10.1. The molecule has 1 aliphatic rings. The molecule has 1 aromatic heterocycles. The maximum atomic E-state index is 12.3. The number of rotatable bonds is 5. The minimum atomic E-state index is -0.0111. The molecule has 0 spiro atoms. The number of amides is 1. The Hall–Kier alpha value is -1.54. The molecule has 0 radical (unpaired) electrons. The van der Waals surface area contributed by atoms with Crippen LogP contribution in [0.1, 0.15) is 10.4 Å². The van der Waals surface area contributed by atoms with E-state index in [0.717, 1.165) is 28.8 Å². The molecule has 4 N–H and O–H groups in total. The normalized spacial score (nSPS) is 18.2. The van der Waals surface area contributed by atoms with Gasteiger partial charge < -0.3 is 9.88 Å². The Morgan fingerprint density at radius 2 is 2.33 bits per heavy atom. The molecule has 21 heavy (non-hydrogen) atoms. The number of aromatic nitrogens is 1. The number of hydrogen-bond donors (Lipinski definition) is 4. The summed E-state index contributed by atoms with van der Waals surface area (Å²) in [4.78, 5) is 12.3. The van der Waals surface area contributed by atoms with Crippen LogP contribution in [0.5, 0.6) is 0 Å². The van der Waals surface area contributed by atoms with E-state index in [1.165, 1.54) is 0 Å². The number of carbonyl (C=O) groups excluding carboxylic acids is 1. The largest absolute Gasteiger partial charge is 0.351 e. The minimum absolute atomic E-state index is 0.0111. The number of nitrogens with one attached hydrogen (secondary N) is 4. The maximum absolute atomic E-state index is 12.3. The van der Waals surface area contributed by atoms with E-state index in [-0.39, 0.29) is 5.91 Å². The lowest BCUT2D eigenvalue weighted by Crippen LogP contribution is -2.33. The fourth-order valence-corrected chi connectivity index (χ4v) is 3.26. The van der Waals surface area contributed by atoms with E-state index in [1.54, 1.807) is 11.8 Å². The number of fused-ring (bicyclic) bond motifs is 1. The summed E-state index contributed by atoms with van der Waals surface area (Å²) in [5, 5.41) is 4.33. The third kappa shape index (κ3) is 3.21. The highest BCUT2D eigenvalue weighted by atomic mass is 32.2.